The van der Waals surface area contributed by atoms with E-state index >= 15 is 0 Å². The number of rotatable bonds is 3. The molecule has 1 rings (SSSR count). The molecule has 0 saturated heterocycles. The maximum atomic E-state index is 13.0. The lowest BCUT2D eigenvalue weighted by molar-refractivity contribution is 0.0949. The van der Waals surface area contributed by atoms with Gasteiger partial charge in [-0.1, -0.05) is 19.1 Å². The molecule has 0 aliphatic heterocycles. The lowest BCUT2D eigenvalue weighted by atomic mass is 10.2. The Morgan fingerprint density at radius 1 is 1.69 bits per heavy atom. The predicted molar refractivity (Wildman–Crippen MR) is 47.9 cm³/mol. The van der Waals surface area contributed by atoms with Gasteiger partial charge in [0.1, 0.15) is 5.82 Å². The van der Waals surface area contributed by atoms with Crippen molar-refractivity contribution in [2.75, 3.05) is 6.54 Å². The Morgan fingerprint density at radius 2 is 2.46 bits per heavy atom. The quantitative estimate of drug-likeness (QED) is 0.754. The van der Waals surface area contributed by atoms with Gasteiger partial charge in [-0.25, -0.2) is 4.39 Å². The smallest absolute Gasteiger partial charge is 0.254 e. The van der Waals surface area contributed by atoms with Gasteiger partial charge in [0.15, 0.2) is 0 Å². The molecule has 13 heavy (non-hydrogen) atoms. The largest absolute Gasteiger partial charge is 0.352 e. The molecule has 3 heteroatoms. The van der Waals surface area contributed by atoms with Crippen LogP contribution in [0.3, 0.4) is 0 Å². The van der Waals surface area contributed by atoms with Crippen LogP contribution in [0.1, 0.15) is 23.7 Å². The van der Waals surface area contributed by atoms with E-state index in [2.05, 4.69) is 11.4 Å². The molecule has 0 bridgehead atoms. The summed E-state index contributed by atoms with van der Waals surface area (Å²) in [6.07, 6.45) is 0.837. The SMILES string of the molecule is CCCNC(=O)c1ccc[c]c1F. The second kappa shape index (κ2) is 4.60. The number of benzene rings is 1. The highest BCUT2D eigenvalue weighted by atomic mass is 19.1. The fourth-order valence-electron chi connectivity index (χ4n) is 0.926. The minimum atomic E-state index is -0.601. The minimum Gasteiger partial charge on any atom is -0.352 e. The lowest BCUT2D eigenvalue weighted by Crippen LogP contribution is -2.24. The highest BCUT2D eigenvalue weighted by Crippen LogP contribution is 2.04. The van der Waals surface area contributed by atoms with Crippen molar-refractivity contribution >= 4 is 5.91 Å². The van der Waals surface area contributed by atoms with E-state index in [0.717, 1.165) is 6.42 Å². The summed E-state index contributed by atoms with van der Waals surface area (Å²) in [5.74, 6) is -0.979. The number of carbonyl (C=O) groups is 1. The molecule has 0 heterocycles. The second-order valence-corrected chi connectivity index (χ2v) is 2.65. The molecular weight excluding hydrogens is 169 g/mol. The maximum absolute atomic E-state index is 13.0. The van der Waals surface area contributed by atoms with Crippen LogP contribution in [0.2, 0.25) is 0 Å². The average Bonchev–Trinajstić information content (AvgIpc) is 2.15. The second-order valence-electron chi connectivity index (χ2n) is 2.65. The molecule has 0 aliphatic rings. The minimum absolute atomic E-state index is 0.0518. The highest BCUT2D eigenvalue weighted by molar-refractivity contribution is 5.94. The summed E-state index contributed by atoms with van der Waals surface area (Å²) < 4.78 is 13.0. The van der Waals surface area contributed by atoms with Crippen LogP contribution in [0.4, 0.5) is 4.39 Å². The van der Waals surface area contributed by atoms with E-state index in [-0.39, 0.29) is 11.5 Å². The van der Waals surface area contributed by atoms with Crippen LogP contribution in [-0.4, -0.2) is 12.5 Å². The molecule has 0 saturated carbocycles. The molecule has 1 aromatic rings. The van der Waals surface area contributed by atoms with Gasteiger partial charge in [0.2, 0.25) is 0 Å². The van der Waals surface area contributed by atoms with E-state index in [9.17, 15) is 9.18 Å². The summed E-state index contributed by atoms with van der Waals surface area (Å²) in [5.41, 5.74) is 0.0518. The molecule has 1 aromatic carbocycles. The average molecular weight is 180 g/mol. The van der Waals surface area contributed by atoms with Gasteiger partial charge in [-0.05, 0) is 12.5 Å². The molecule has 0 unspecified atom stereocenters. The van der Waals surface area contributed by atoms with Crippen LogP contribution in [0.5, 0.6) is 0 Å². The van der Waals surface area contributed by atoms with E-state index in [1.54, 1.807) is 6.07 Å². The Balaban J connectivity index is 2.71. The van der Waals surface area contributed by atoms with Gasteiger partial charge in [-0.2, -0.15) is 0 Å². The van der Waals surface area contributed by atoms with E-state index in [1.807, 2.05) is 6.92 Å². The summed E-state index contributed by atoms with van der Waals surface area (Å²) in [6, 6.07) is 6.79. The first-order chi connectivity index (χ1) is 6.25. The van der Waals surface area contributed by atoms with Gasteiger partial charge in [-0.3, -0.25) is 4.79 Å². The molecule has 2 nitrogen and oxygen atoms in total. The fraction of sp³-hybridized carbons (Fsp3) is 0.300. The zero-order chi connectivity index (χ0) is 9.68. The Kier molecular flexibility index (Phi) is 3.43. The third kappa shape index (κ3) is 2.54. The first-order valence-electron chi connectivity index (χ1n) is 4.20. The van der Waals surface area contributed by atoms with E-state index in [0.29, 0.717) is 6.54 Å². The van der Waals surface area contributed by atoms with Crippen molar-refractivity contribution in [1.82, 2.24) is 5.32 Å². The van der Waals surface area contributed by atoms with Gasteiger partial charge in [-0.15, -0.1) is 0 Å². The van der Waals surface area contributed by atoms with Gasteiger partial charge < -0.3 is 5.32 Å². The normalized spacial score (nSPS) is 9.69. The summed E-state index contributed by atoms with van der Waals surface area (Å²) in [5, 5.41) is 2.59. The van der Waals surface area contributed by atoms with Crippen molar-refractivity contribution in [2.24, 2.45) is 0 Å². The molecule has 0 aromatic heterocycles. The van der Waals surface area contributed by atoms with Crippen LogP contribution < -0.4 is 5.32 Å². The Morgan fingerprint density at radius 3 is 3.08 bits per heavy atom. The Bertz CT molecular complexity index is 299. The molecule has 0 spiro atoms. The molecule has 69 valence electrons. The predicted octanol–water partition coefficient (Wildman–Crippen LogP) is 1.77. The maximum Gasteiger partial charge on any atom is 0.254 e. The van der Waals surface area contributed by atoms with E-state index < -0.39 is 5.82 Å². The Hall–Kier alpha value is -1.38. The van der Waals surface area contributed by atoms with E-state index in [4.69, 9.17) is 0 Å². The van der Waals surface area contributed by atoms with Crippen molar-refractivity contribution in [2.45, 2.75) is 13.3 Å². The van der Waals surface area contributed by atoms with Gasteiger partial charge in [0, 0.05) is 12.6 Å². The molecule has 1 amide bonds. The number of carbonyl (C=O) groups excluding carboxylic acids is 1. The molecule has 0 aliphatic carbocycles. The lowest BCUT2D eigenvalue weighted by Gasteiger charge is -2.03. The van der Waals surface area contributed by atoms with Crippen LogP contribution in [0.15, 0.2) is 18.2 Å². The summed E-state index contributed by atoms with van der Waals surface area (Å²) in [4.78, 5) is 11.3. The van der Waals surface area contributed by atoms with Gasteiger partial charge in [0.05, 0.1) is 5.56 Å². The summed E-state index contributed by atoms with van der Waals surface area (Å²) in [6.45, 7) is 2.50. The number of halogens is 1. The summed E-state index contributed by atoms with van der Waals surface area (Å²) in [7, 11) is 0. The van der Waals surface area contributed by atoms with Crippen molar-refractivity contribution in [3.05, 3.63) is 35.6 Å². The molecule has 1 radical (unpaired) electrons. The summed E-state index contributed by atoms with van der Waals surface area (Å²) >= 11 is 0. The van der Waals surface area contributed by atoms with Crippen molar-refractivity contribution in [3.8, 4) is 0 Å². The molecular formula is C10H11FNO. The number of hydrogen-bond acceptors (Lipinski definition) is 1. The number of hydrogen-bond donors (Lipinski definition) is 1. The van der Waals surface area contributed by atoms with Crippen molar-refractivity contribution < 1.29 is 9.18 Å². The number of nitrogens with one attached hydrogen (secondary N) is 1. The zero-order valence-electron chi connectivity index (χ0n) is 7.43. The zero-order valence-corrected chi connectivity index (χ0v) is 7.43. The molecule has 0 fully saturated rings. The first kappa shape index (κ1) is 9.71. The topological polar surface area (TPSA) is 29.1 Å². The van der Waals surface area contributed by atoms with Crippen LogP contribution in [0.25, 0.3) is 0 Å². The van der Waals surface area contributed by atoms with Gasteiger partial charge >= 0.3 is 0 Å². The third-order valence-corrected chi connectivity index (χ3v) is 1.59. The van der Waals surface area contributed by atoms with Crippen LogP contribution in [0, 0.1) is 11.9 Å². The number of amides is 1. The first-order valence-corrected chi connectivity index (χ1v) is 4.20. The van der Waals surface area contributed by atoms with Crippen molar-refractivity contribution in [3.63, 3.8) is 0 Å². The molecule has 0 atom stereocenters. The third-order valence-electron chi connectivity index (χ3n) is 1.59. The Labute approximate surface area is 76.8 Å². The van der Waals surface area contributed by atoms with E-state index in [1.165, 1.54) is 12.1 Å². The van der Waals surface area contributed by atoms with Crippen LogP contribution in [-0.2, 0) is 0 Å². The highest BCUT2D eigenvalue weighted by Gasteiger charge is 2.08. The van der Waals surface area contributed by atoms with Crippen LogP contribution >= 0.6 is 0 Å². The monoisotopic (exact) mass is 180 g/mol. The van der Waals surface area contributed by atoms with Gasteiger partial charge in [0.25, 0.3) is 5.91 Å². The van der Waals surface area contributed by atoms with Crippen molar-refractivity contribution in [1.29, 1.82) is 0 Å². The standard InChI is InChI=1S/C10H11FNO/c1-2-7-12-10(13)8-5-3-4-6-9(8)11/h3-5H,2,7H2,1H3,(H,12,13). The fourth-order valence-corrected chi connectivity index (χ4v) is 0.926. The molecule has 1 N–H and O–H groups in total.